The Balaban J connectivity index is 1.62. The van der Waals surface area contributed by atoms with Crippen LogP contribution in [0.2, 0.25) is 0 Å². The fourth-order valence-corrected chi connectivity index (χ4v) is 3.26. The molecule has 5 heteroatoms. The second-order valence-electron chi connectivity index (χ2n) is 5.52. The number of hydrogen-bond donors (Lipinski definition) is 1. The summed E-state index contributed by atoms with van der Waals surface area (Å²) in [4.78, 5) is 18.9. The van der Waals surface area contributed by atoms with E-state index in [4.69, 9.17) is 0 Å². The van der Waals surface area contributed by atoms with Gasteiger partial charge in [-0.25, -0.2) is 4.98 Å². The number of nitrogens with one attached hydrogen (secondary N) is 1. The van der Waals surface area contributed by atoms with Gasteiger partial charge < -0.3 is 10.2 Å². The topological polar surface area (TPSA) is 45.2 Å². The molecule has 3 rings (SSSR count). The molecule has 1 aromatic heterocycles. The fraction of sp³-hybridized carbons (Fsp3) is 0.375. The third-order valence-electron chi connectivity index (χ3n) is 3.98. The van der Waals surface area contributed by atoms with E-state index >= 15 is 0 Å². The SMILES string of the molecule is Cc1ccc(C(=O)NC2CCN(c3nccs3)C2)cc1C. The molecule has 110 valence electrons. The lowest BCUT2D eigenvalue weighted by molar-refractivity contribution is 0.0940. The van der Waals surface area contributed by atoms with Crippen molar-refractivity contribution in [2.75, 3.05) is 18.0 Å². The molecule has 1 N–H and O–H groups in total. The molecule has 0 saturated carbocycles. The average molecular weight is 301 g/mol. The normalized spacial score (nSPS) is 18.0. The molecule has 2 heterocycles. The minimum atomic E-state index is 0.0177. The zero-order chi connectivity index (χ0) is 14.8. The summed E-state index contributed by atoms with van der Waals surface area (Å²) in [6.07, 6.45) is 2.79. The Labute approximate surface area is 128 Å². The van der Waals surface area contributed by atoms with E-state index < -0.39 is 0 Å². The molecule has 1 aromatic carbocycles. The van der Waals surface area contributed by atoms with Gasteiger partial charge in [-0.1, -0.05) is 6.07 Å². The van der Waals surface area contributed by atoms with Crippen molar-refractivity contribution in [1.29, 1.82) is 0 Å². The summed E-state index contributed by atoms with van der Waals surface area (Å²) in [6.45, 7) is 5.88. The molecular formula is C16H19N3OS. The van der Waals surface area contributed by atoms with Crippen molar-refractivity contribution < 1.29 is 4.79 Å². The first kappa shape index (κ1) is 14.1. The van der Waals surface area contributed by atoms with Gasteiger partial charge in [0.1, 0.15) is 0 Å². The number of benzene rings is 1. The summed E-state index contributed by atoms with van der Waals surface area (Å²) in [6, 6.07) is 6.05. The first-order valence-corrected chi connectivity index (χ1v) is 8.04. The summed E-state index contributed by atoms with van der Waals surface area (Å²) in [5, 5.41) is 6.15. The summed E-state index contributed by atoms with van der Waals surface area (Å²) in [5.41, 5.74) is 3.10. The van der Waals surface area contributed by atoms with Gasteiger partial charge in [-0.05, 0) is 43.5 Å². The van der Waals surface area contributed by atoms with E-state index in [1.165, 1.54) is 5.56 Å². The number of amides is 1. The molecule has 1 unspecified atom stereocenters. The Hall–Kier alpha value is -1.88. The molecule has 0 radical (unpaired) electrons. The molecule has 21 heavy (non-hydrogen) atoms. The smallest absolute Gasteiger partial charge is 0.251 e. The van der Waals surface area contributed by atoms with Crippen molar-refractivity contribution in [2.45, 2.75) is 26.3 Å². The van der Waals surface area contributed by atoms with E-state index in [9.17, 15) is 4.79 Å². The minimum absolute atomic E-state index is 0.0177. The van der Waals surface area contributed by atoms with Gasteiger partial charge in [0.15, 0.2) is 5.13 Å². The van der Waals surface area contributed by atoms with Crippen molar-refractivity contribution in [3.63, 3.8) is 0 Å². The van der Waals surface area contributed by atoms with Gasteiger partial charge in [0, 0.05) is 36.3 Å². The molecule has 0 aliphatic carbocycles. The molecule has 1 aliphatic rings. The number of thiazole rings is 1. The maximum Gasteiger partial charge on any atom is 0.251 e. The molecule has 1 saturated heterocycles. The highest BCUT2D eigenvalue weighted by Gasteiger charge is 2.25. The van der Waals surface area contributed by atoms with Crippen LogP contribution in [0.25, 0.3) is 0 Å². The van der Waals surface area contributed by atoms with Crippen molar-refractivity contribution in [3.05, 3.63) is 46.5 Å². The van der Waals surface area contributed by atoms with Crippen molar-refractivity contribution in [2.24, 2.45) is 0 Å². The molecule has 1 atom stereocenters. The Morgan fingerprint density at radius 3 is 2.95 bits per heavy atom. The van der Waals surface area contributed by atoms with E-state index in [-0.39, 0.29) is 11.9 Å². The maximum atomic E-state index is 12.3. The highest BCUT2D eigenvalue weighted by atomic mass is 32.1. The van der Waals surface area contributed by atoms with Crippen LogP contribution >= 0.6 is 11.3 Å². The van der Waals surface area contributed by atoms with E-state index in [1.807, 2.05) is 36.7 Å². The molecule has 0 spiro atoms. The molecule has 4 nitrogen and oxygen atoms in total. The lowest BCUT2D eigenvalue weighted by atomic mass is 10.1. The average Bonchev–Trinajstić information content (AvgIpc) is 3.12. The van der Waals surface area contributed by atoms with Crippen LogP contribution in [0.3, 0.4) is 0 Å². The van der Waals surface area contributed by atoms with Gasteiger partial charge in [-0.2, -0.15) is 0 Å². The predicted octanol–water partition coefficient (Wildman–Crippen LogP) is 2.77. The standard InChI is InChI=1S/C16H19N3OS/c1-11-3-4-13(9-12(11)2)15(20)18-14-5-7-19(10-14)16-17-6-8-21-16/h3-4,6,8-9,14H,5,7,10H2,1-2H3,(H,18,20). The second kappa shape index (κ2) is 5.85. The Kier molecular flexibility index (Phi) is 3.92. The van der Waals surface area contributed by atoms with Gasteiger partial charge in [0.2, 0.25) is 0 Å². The number of aryl methyl sites for hydroxylation is 2. The zero-order valence-corrected chi connectivity index (χ0v) is 13.1. The summed E-state index contributed by atoms with van der Waals surface area (Å²) < 4.78 is 0. The number of rotatable bonds is 3. The number of nitrogens with zero attached hydrogens (tertiary/aromatic N) is 2. The van der Waals surface area contributed by atoms with Crippen LogP contribution in [0.5, 0.6) is 0 Å². The highest BCUT2D eigenvalue weighted by Crippen LogP contribution is 2.22. The van der Waals surface area contributed by atoms with Gasteiger partial charge in [0.05, 0.1) is 0 Å². The number of aromatic nitrogens is 1. The summed E-state index contributed by atoms with van der Waals surface area (Å²) >= 11 is 1.64. The molecule has 1 aliphatic heterocycles. The van der Waals surface area contributed by atoms with Gasteiger partial charge in [-0.15, -0.1) is 11.3 Å². The van der Waals surface area contributed by atoms with Crippen LogP contribution in [0.15, 0.2) is 29.8 Å². The van der Waals surface area contributed by atoms with Crippen LogP contribution in [0, 0.1) is 13.8 Å². The Morgan fingerprint density at radius 2 is 2.24 bits per heavy atom. The maximum absolute atomic E-state index is 12.3. The van der Waals surface area contributed by atoms with Crippen LogP contribution in [0.4, 0.5) is 5.13 Å². The lowest BCUT2D eigenvalue weighted by Crippen LogP contribution is -2.37. The molecule has 1 amide bonds. The molecule has 1 fully saturated rings. The molecule has 2 aromatic rings. The van der Waals surface area contributed by atoms with Gasteiger partial charge in [0.25, 0.3) is 5.91 Å². The largest absolute Gasteiger partial charge is 0.347 e. The van der Waals surface area contributed by atoms with Crippen molar-refractivity contribution in [3.8, 4) is 0 Å². The minimum Gasteiger partial charge on any atom is -0.347 e. The van der Waals surface area contributed by atoms with Gasteiger partial charge >= 0.3 is 0 Å². The number of hydrogen-bond acceptors (Lipinski definition) is 4. The number of carbonyl (C=O) groups is 1. The predicted molar refractivity (Wildman–Crippen MR) is 86.1 cm³/mol. The number of carbonyl (C=O) groups excluding carboxylic acids is 1. The van der Waals surface area contributed by atoms with Crippen molar-refractivity contribution >= 4 is 22.4 Å². The summed E-state index contributed by atoms with van der Waals surface area (Å²) in [7, 11) is 0. The first-order chi connectivity index (χ1) is 10.1. The van der Waals surface area contributed by atoms with Crippen molar-refractivity contribution in [1.82, 2.24) is 10.3 Å². The van der Waals surface area contributed by atoms with Crippen LogP contribution in [-0.4, -0.2) is 30.0 Å². The fourth-order valence-electron chi connectivity index (χ4n) is 2.58. The van der Waals surface area contributed by atoms with E-state index in [1.54, 1.807) is 11.3 Å². The van der Waals surface area contributed by atoms with Crippen LogP contribution in [0.1, 0.15) is 27.9 Å². The third-order valence-corrected chi connectivity index (χ3v) is 4.81. The Bertz CT molecular complexity index is 639. The molecule has 0 bridgehead atoms. The van der Waals surface area contributed by atoms with Crippen LogP contribution < -0.4 is 10.2 Å². The van der Waals surface area contributed by atoms with E-state index in [2.05, 4.69) is 22.1 Å². The monoisotopic (exact) mass is 301 g/mol. The lowest BCUT2D eigenvalue weighted by Gasteiger charge is -2.16. The van der Waals surface area contributed by atoms with E-state index in [0.29, 0.717) is 0 Å². The number of anilines is 1. The van der Waals surface area contributed by atoms with Gasteiger partial charge in [-0.3, -0.25) is 4.79 Å². The van der Waals surface area contributed by atoms with E-state index in [0.717, 1.165) is 35.8 Å². The Morgan fingerprint density at radius 1 is 1.38 bits per heavy atom. The zero-order valence-electron chi connectivity index (χ0n) is 12.3. The highest BCUT2D eigenvalue weighted by molar-refractivity contribution is 7.13. The summed E-state index contributed by atoms with van der Waals surface area (Å²) in [5.74, 6) is 0.0177. The second-order valence-corrected chi connectivity index (χ2v) is 6.39. The quantitative estimate of drug-likeness (QED) is 0.948. The first-order valence-electron chi connectivity index (χ1n) is 7.16. The third kappa shape index (κ3) is 3.08. The van der Waals surface area contributed by atoms with Crippen LogP contribution in [-0.2, 0) is 0 Å². The molecular weight excluding hydrogens is 282 g/mol.